The standard InChI is InChI=1S/C24H21F3N4O4S/c1-34-12-18-22-20(29-16-8-6-13(11-19(16)35-22)36(2,3,32)33)14-7-9-17(30-23(14)31-18)21-15(24(25,26)27)5-4-10-28-21/h4-11,29H,12H2,1-3H3,(H,32,33). The largest absolute Gasteiger partial charge is 0.451 e. The molecule has 0 atom stereocenters. The highest BCUT2D eigenvalue weighted by Gasteiger charge is 2.35. The molecule has 8 nitrogen and oxygen atoms in total. The van der Waals surface area contributed by atoms with Crippen LogP contribution in [0.4, 0.5) is 24.5 Å². The molecule has 0 bridgehead atoms. The Morgan fingerprint density at radius 2 is 1.92 bits per heavy atom. The Kier molecular flexibility index (Phi) is 5.32. The van der Waals surface area contributed by atoms with Crippen molar-refractivity contribution in [2.24, 2.45) is 0 Å². The molecule has 0 spiro atoms. The van der Waals surface area contributed by atoms with Crippen molar-refractivity contribution in [3.8, 4) is 22.9 Å². The number of fused-ring (bicyclic) bond motifs is 4. The number of anilines is 2. The zero-order chi connectivity index (χ0) is 25.9. The van der Waals surface area contributed by atoms with Gasteiger partial charge in [0.2, 0.25) is 0 Å². The molecule has 0 amide bonds. The van der Waals surface area contributed by atoms with Crippen LogP contribution in [0.15, 0.2) is 53.6 Å². The normalized spacial score (nSPS) is 14.2. The molecule has 4 heterocycles. The summed E-state index contributed by atoms with van der Waals surface area (Å²) in [4.78, 5) is 13.0. The van der Waals surface area contributed by atoms with Crippen LogP contribution < -0.4 is 10.1 Å². The van der Waals surface area contributed by atoms with Crippen LogP contribution in [0.5, 0.6) is 11.5 Å². The summed E-state index contributed by atoms with van der Waals surface area (Å²) < 4.78 is 75.0. The third-order valence-electron chi connectivity index (χ3n) is 5.61. The maximum Gasteiger partial charge on any atom is 0.418 e. The molecule has 0 radical (unpaired) electrons. The lowest BCUT2D eigenvalue weighted by molar-refractivity contribution is -0.137. The number of benzene rings is 1. The number of nitrogens with one attached hydrogen (secondary N) is 1. The van der Waals surface area contributed by atoms with E-state index in [1.807, 2.05) is 0 Å². The van der Waals surface area contributed by atoms with Gasteiger partial charge in [0.25, 0.3) is 0 Å². The lowest BCUT2D eigenvalue weighted by atomic mass is 10.1. The van der Waals surface area contributed by atoms with Gasteiger partial charge in [0.1, 0.15) is 11.4 Å². The van der Waals surface area contributed by atoms with Crippen LogP contribution in [0.1, 0.15) is 11.3 Å². The van der Waals surface area contributed by atoms with Gasteiger partial charge in [0, 0.05) is 37.3 Å². The molecule has 36 heavy (non-hydrogen) atoms. The number of hydrogen-bond donors (Lipinski definition) is 2. The lowest BCUT2D eigenvalue weighted by Crippen LogP contribution is -2.28. The number of halogens is 3. The van der Waals surface area contributed by atoms with E-state index < -0.39 is 21.1 Å². The van der Waals surface area contributed by atoms with Crippen LogP contribution in [0.2, 0.25) is 0 Å². The Balaban J connectivity index is 1.66. The molecule has 3 aromatic heterocycles. The van der Waals surface area contributed by atoms with Crippen molar-refractivity contribution in [1.29, 1.82) is 0 Å². The predicted octanol–water partition coefficient (Wildman–Crippen LogP) is 5.62. The van der Waals surface area contributed by atoms with E-state index in [0.29, 0.717) is 34.0 Å². The monoisotopic (exact) mass is 518 g/mol. The molecule has 0 fully saturated rings. The zero-order valence-electron chi connectivity index (χ0n) is 19.4. The van der Waals surface area contributed by atoms with Crippen molar-refractivity contribution in [3.63, 3.8) is 0 Å². The van der Waals surface area contributed by atoms with Crippen molar-refractivity contribution >= 4 is 31.8 Å². The van der Waals surface area contributed by atoms with Gasteiger partial charge in [-0.15, -0.1) is 0 Å². The molecule has 5 rings (SSSR count). The first-order valence-corrected chi connectivity index (χ1v) is 13.4. The number of aromatic nitrogens is 3. The highest BCUT2D eigenvalue weighted by atomic mass is 32.3. The number of alkyl halides is 3. The van der Waals surface area contributed by atoms with Gasteiger partial charge in [-0.05, 0) is 36.4 Å². The van der Waals surface area contributed by atoms with Gasteiger partial charge in [-0.25, -0.2) is 14.2 Å². The molecule has 0 unspecified atom stereocenters. The van der Waals surface area contributed by atoms with Gasteiger partial charge in [0.15, 0.2) is 17.1 Å². The summed E-state index contributed by atoms with van der Waals surface area (Å²) in [6, 6.07) is 9.85. The molecule has 1 aliphatic rings. The van der Waals surface area contributed by atoms with Crippen LogP contribution in [0, 0.1) is 0 Å². The summed E-state index contributed by atoms with van der Waals surface area (Å²) in [7, 11) is -2.55. The minimum absolute atomic E-state index is 0.0165. The van der Waals surface area contributed by atoms with Crippen LogP contribution in [-0.2, 0) is 26.9 Å². The fraction of sp³-hybridized carbons (Fsp3) is 0.208. The quantitative estimate of drug-likeness (QED) is 0.316. The Morgan fingerprint density at radius 1 is 1.14 bits per heavy atom. The fourth-order valence-electron chi connectivity index (χ4n) is 3.91. The first-order valence-electron chi connectivity index (χ1n) is 10.6. The average molecular weight is 519 g/mol. The van der Waals surface area contributed by atoms with E-state index in [1.54, 1.807) is 12.1 Å². The minimum atomic E-state index is -4.60. The molecular weight excluding hydrogens is 497 g/mol. The topological polar surface area (TPSA) is 106 Å². The number of rotatable bonds is 4. The summed E-state index contributed by atoms with van der Waals surface area (Å²) in [6.07, 6.45) is -0.820. The third-order valence-corrected chi connectivity index (χ3v) is 7.21. The van der Waals surface area contributed by atoms with Gasteiger partial charge in [0.05, 0.1) is 34.1 Å². The summed E-state index contributed by atoms with van der Waals surface area (Å²) in [5, 5.41) is 3.74. The molecule has 1 aromatic carbocycles. The van der Waals surface area contributed by atoms with Crippen molar-refractivity contribution in [2.45, 2.75) is 17.7 Å². The molecule has 0 saturated carbocycles. The summed E-state index contributed by atoms with van der Waals surface area (Å²) in [5.41, 5.74) is 0.369. The lowest BCUT2D eigenvalue weighted by Gasteiger charge is -2.35. The van der Waals surface area contributed by atoms with E-state index in [-0.39, 0.29) is 28.5 Å². The van der Waals surface area contributed by atoms with Crippen molar-refractivity contribution in [2.75, 3.05) is 24.9 Å². The van der Waals surface area contributed by atoms with E-state index in [4.69, 9.17) is 9.47 Å². The summed E-state index contributed by atoms with van der Waals surface area (Å²) in [5.74, 6) is 0.647. The molecular formula is C24H21F3N4O4S. The van der Waals surface area contributed by atoms with Gasteiger partial charge >= 0.3 is 6.18 Å². The zero-order valence-corrected chi connectivity index (χ0v) is 20.2. The van der Waals surface area contributed by atoms with Crippen LogP contribution in [0.3, 0.4) is 0 Å². The first kappa shape index (κ1) is 24.1. The van der Waals surface area contributed by atoms with E-state index in [2.05, 4.69) is 20.3 Å². The van der Waals surface area contributed by atoms with Gasteiger partial charge in [-0.2, -0.15) is 22.5 Å². The van der Waals surface area contributed by atoms with E-state index in [9.17, 15) is 21.9 Å². The molecule has 4 aromatic rings. The Labute approximate surface area is 203 Å². The number of nitrogens with zero attached hydrogens (tertiary/aromatic N) is 3. The Bertz CT molecular complexity index is 1590. The Morgan fingerprint density at radius 3 is 2.61 bits per heavy atom. The molecule has 1 aliphatic heterocycles. The van der Waals surface area contributed by atoms with E-state index >= 15 is 0 Å². The molecule has 188 valence electrons. The van der Waals surface area contributed by atoms with Gasteiger partial charge < -0.3 is 14.8 Å². The van der Waals surface area contributed by atoms with Crippen molar-refractivity contribution in [3.05, 3.63) is 59.9 Å². The number of pyridine rings is 3. The SMILES string of the molecule is COCc1nc2nc(-c3ncccc3C(F)(F)F)ccc2c2c1Oc1cc(S(C)(C)(=O)O)ccc1N2. The third kappa shape index (κ3) is 4.27. The van der Waals surface area contributed by atoms with Gasteiger partial charge in [-0.1, -0.05) is 0 Å². The summed E-state index contributed by atoms with van der Waals surface area (Å²) >= 11 is 0. The first-order chi connectivity index (χ1) is 16.8. The smallest absolute Gasteiger partial charge is 0.418 e. The second-order valence-electron chi connectivity index (χ2n) is 8.81. The fourth-order valence-corrected chi connectivity index (χ4v) is 4.81. The average Bonchev–Trinajstić information content (AvgIpc) is 2.81. The van der Waals surface area contributed by atoms with Crippen LogP contribution in [-0.4, -0.2) is 43.3 Å². The molecule has 0 saturated heterocycles. The second-order valence-corrected chi connectivity index (χ2v) is 12.8. The summed E-state index contributed by atoms with van der Waals surface area (Å²) in [6.45, 7) is 0.0272. The van der Waals surface area contributed by atoms with Crippen LogP contribution >= 0.6 is 0 Å². The molecule has 2 N–H and O–H groups in total. The Hall–Kier alpha value is -3.61. The van der Waals surface area contributed by atoms with E-state index in [0.717, 1.165) is 6.07 Å². The number of methoxy groups -OCH3 is 1. The molecule has 12 heteroatoms. The maximum absolute atomic E-state index is 13.5. The van der Waals surface area contributed by atoms with Crippen molar-refractivity contribution in [1.82, 2.24) is 15.0 Å². The minimum Gasteiger partial charge on any atom is -0.451 e. The number of ether oxygens (including phenoxy) is 2. The predicted molar refractivity (Wildman–Crippen MR) is 129 cm³/mol. The number of hydrogen-bond acceptors (Lipinski definition) is 7. The highest BCUT2D eigenvalue weighted by molar-refractivity contribution is 8.14. The van der Waals surface area contributed by atoms with E-state index in [1.165, 1.54) is 50.1 Å². The van der Waals surface area contributed by atoms with Gasteiger partial charge in [-0.3, -0.25) is 9.54 Å². The second kappa shape index (κ2) is 7.95. The van der Waals surface area contributed by atoms with Crippen LogP contribution in [0.25, 0.3) is 22.4 Å². The van der Waals surface area contributed by atoms with Crippen molar-refractivity contribution < 1.29 is 31.4 Å². The maximum atomic E-state index is 13.5. The molecule has 0 aliphatic carbocycles. The highest BCUT2D eigenvalue weighted by Crippen LogP contribution is 2.48.